The molecule has 3 aromatic rings. The summed E-state index contributed by atoms with van der Waals surface area (Å²) in [5, 5.41) is 21.6. The zero-order valence-corrected chi connectivity index (χ0v) is 18.8. The molecule has 1 atom stereocenters. The third-order valence-corrected chi connectivity index (χ3v) is 5.40. The van der Waals surface area contributed by atoms with Crippen molar-refractivity contribution in [3.05, 3.63) is 77.4 Å². The average Bonchev–Trinajstić information content (AvgIpc) is 2.83. The fourth-order valence-electron chi connectivity index (χ4n) is 3.58. The van der Waals surface area contributed by atoms with Crippen LogP contribution in [0.15, 0.2) is 60.7 Å². The van der Waals surface area contributed by atoms with Crippen LogP contribution in [-0.2, 0) is 13.2 Å². The van der Waals surface area contributed by atoms with E-state index < -0.39 is 6.10 Å². The summed E-state index contributed by atoms with van der Waals surface area (Å²) in [6.07, 6.45) is -0.815. The van der Waals surface area contributed by atoms with Gasteiger partial charge in [0.05, 0.1) is 32.5 Å². The molecule has 0 saturated carbocycles. The normalized spacial score (nSPS) is 11.8. The van der Waals surface area contributed by atoms with Gasteiger partial charge in [0, 0.05) is 25.2 Å². The number of aliphatic hydroxyl groups is 2. The summed E-state index contributed by atoms with van der Waals surface area (Å²) >= 11 is 0. The number of aliphatic hydroxyl groups excluding tert-OH is 2. The first-order valence-corrected chi connectivity index (χ1v) is 10.6. The number of rotatable bonds is 11. The topological polar surface area (TPSA) is 80.2 Å². The number of ether oxygens (including phenoxy) is 3. The maximum Gasteiger partial charge on any atom is 0.130 e. The third-order valence-electron chi connectivity index (χ3n) is 5.40. The summed E-state index contributed by atoms with van der Waals surface area (Å²) < 4.78 is 17.2. The highest BCUT2D eigenvalue weighted by atomic mass is 16.5. The van der Waals surface area contributed by atoms with E-state index in [0.29, 0.717) is 30.4 Å². The van der Waals surface area contributed by atoms with Crippen molar-refractivity contribution in [3.8, 4) is 28.4 Å². The Balaban J connectivity index is 1.77. The van der Waals surface area contributed by atoms with E-state index in [0.717, 1.165) is 11.1 Å². The van der Waals surface area contributed by atoms with Gasteiger partial charge in [0.2, 0.25) is 0 Å². The molecule has 0 amide bonds. The first kappa shape index (κ1) is 23.6. The molecule has 0 unspecified atom stereocenters. The summed E-state index contributed by atoms with van der Waals surface area (Å²) in [5.41, 5.74) is 5.47. The van der Waals surface area contributed by atoms with Gasteiger partial charge >= 0.3 is 0 Å². The fourth-order valence-corrected chi connectivity index (χ4v) is 3.58. The second-order valence-corrected chi connectivity index (χ2v) is 7.52. The standard InChI is InChI=1S/C26H31NO5/c1-18-20(10-7-11-23(18)19-8-5-4-6-9-19)17-32-22-12-25(30-2)24(26(13-22)31-3)15-27-14-21(29)16-28/h4-13,21,27-29H,14-17H2,1-3H3/t21-/m1/s1. The fraction of sp³-hybridized carbons (Fsp3) is 0.308. The number of benzene rings is 3. The lowest BCUT2D eigenvalue weighted by Crippen LogP contribution is -2.29. The van der Waals surface area contributed by atoms with Crippen LogP contribution in [0.25, 0.3) is 11.1 Å². The second kappa shape index (κ2) is 11.5. The maximum atomic E-state index is 9.53. The lowest BCUT2D eigenvalue weighted by atomic mass is 9.97. The number of nitrogens with one attached hydrogen (secondary N) is 1. The Labute approximate surface area is 189 Å². The largest absolute Gasteiger partial charge is 0.496 e. The minimum atomic E-state index is -0.815. The van der Waals surface area contributed by atoms with Crippen molar-refractivity contribution >= 4 is 0 Å². The molecular weight excluding hydrogens is 406 g/mol. The van der Waals surface area contributed by atoms with E-state index in [-0.39, 0.29) is 13.2 Å². The Morgan fingerprint density at radius 3 is 2.25 bits per heavy atom. The summed E-state index contributed by atoms with van der Waals surface area (Å²) in [4.78, 5) is 0. The predicted molar refractivity (Wildman–Crippen MR) is 125 cm³/mol. The molecule has 3 rings (SSSR count). The van der Waals surface area contributed by atoms with E-state index in [4.69, 9.17) is 19.3 Å². The van der Waals surface area contributed by atoms with Gasteiger partial charge in [0.1, 0.15) is 23.9 Å². The summed E-state index contributed by atoms with van der Waals surface area (Å²) in [6.45, 7) is 2.91. The zero-order valence-electron chi connectivity index (χ0n) is 18.8. The van der Waals surface area contributed by atoms with Crippen molar-refractivity contribution in [1.82, 2.24) is 5.32 Å². The lowest BCUT2D eigenvalue weighted by Gasteiger charge is -2.18. The van der Waals surface area contributed by atoms with Gasteiger partial charge in [-0.1, -0.05) is 48.5 Å². The second-order valence-electron chi connectivity index (χ2n) is 7.52. The van der Waals surface area contributed by atoms with Crippen molar-refractivity contribution in [2.45, 2.75) is 26.2 Å². The van der Waals surface area contributed by atoms with Crippen LogP contribution in [-0.4, -0.2) is 43.7 Å². The van der Waals surface area contributed by atoms with Crippen molar-refractivity contribution in [1.29, 1.82) is 0 Å². The van der Waals surface area contributed by atoms with Gasteiger partial charge < -0.3 is 29.7 Å². The Morgan fingerprint density at radius 2 is 1.62 bits per heavy atom. The summed E-state index contributed by atoms with van der Waals surface area (Å²) in [5.74, 6) is 1.89. The third kappa shape index (κ3) is 5.79. The van der Waals surface area contributed by atoms with Crippen LogP contribution in [0.3, 0.4) is 0 Å². The highest BCUT2D eigenvalue weighted by Crippen LogP contribution is 2.35. The van der Waals surface area contributed by atoms with Crippen LogP contribution < -0.4 is 19.5 Å². The van der Waals surface area contributed by atoms with Gasteiger partial charge in [0.15, 0.2) is 0 Å². The quantitative estimate of drug-likeness (QED) is 0.425. The molecule has 0 aliphatic rings. The lowest BCUT2D eigenvalue weighted by molar-refractivity contribution is 0.0941. The predicted octanol–water partition coefficient (Wildman–Crippen LogP) is 3.70. The van der Waals surface area contributed by atoms with E-state index in [2.05, 4.69) is 36.5 Å². The monoisotopic (exact) mass is 437 g/mol. The van der Waals surface area contributed by atoms with Crippen LogP contribution in [0, 0.1) is 6.92 Å². The Kier molecular flexibility index (Phi) is 8.50. The molecule has 0 spiro atoms. The Hall–Kier alpha value is -3.06. The van der Waals surface area contributed by atoms with E-state index >= 15 is 0 Å². The Morgan fingerprint density at radius 1 is 0.938 bits per heavy atom. The SMILES string of the molecule is COc1cc(OCc2cccc(-c3ccccc3)c2C)cc(OC)c1CNC[C@@H](O)CO. The molecular formula is C26H31NO5. The zero-order chi connectivity index (χ0) is 22.9. The van der Waals surface area contributed by atoms with Crippen LogP contribution in [0.5, 0.6) is 17.2 Å². The molecule has 0 saturated heterocycles. The minimum absolute atomic E-state index is 0.262. The molecule has 32 heavy (non-hydrogen) atoms. The molecule has 6 nitrogen and oxygen atoms in total. The van der Waals surface area contributed by atoms with Crippen molar-refractivity contribution in [3.63, 3.8) is 0 Å². The van der Waals surface area contributed by atoms with E-state index in [9.17, 15) is 5.11 Å². The summed E-state index contributed by atoms with van der Waals surface area (Å²) in [7, 11) is 3.19. The molecule has 0 radical (unpaired) electrons. The van der Waals surface area contributed by atoms with Crippen LogP contribution in [0.1, 0.15) is 16.7 Å². The van der Waals surface area contributed by atoms with Crippen LogP contribution in [0.4, 0.5) is 0 Å². The highest BCUT2D eigenvalue weighted by molar-refractivity contribution is 5.68. The van der Waals surface area contributed by atoms with E-state index in [1.165, 1.54) is 16.7 Å². The van der Waals surface area contributed by atoms with E-state index in [1.54, 1.807) is 14.2 Å². The first-order valence-electron chi connectivity index (χ1n) is 10.6. The Bertz CT molecular complexity index is 981. The highest BCUT2D eigenvalue weighted by Gasteiger charge is 2.15. The van der Waals surface area contributed by atoms with Gasteiger partial charge in [-0.25, -0.2) is 0 Å². The molecule has 0 heterocycles. The molecule has 3 aromatic carbocycles. The molecule has 0 fully saturated rings. The molecule has 170 valence electrons. The number of methoxy groups -OCH3 is 2. The minimum Gasteiger partial charge on any atom is -0.496 e. The van der Waals surface area contributed by atoms with Gasteiger partial charge in [-0.2, -0.15) is 0 Å². The first-order chi connectivity index (χ1) is 15.6. The van der Waals surface area contributed by atoms with Gasteiger partial charge in [-0.05, 0) is 29.2 Å². The van der Waals surface area contributed by atoms with Crippen LogP contribution >= 0.6 is 0 Å². The summed E-state index contributed by atoms with van der Waals surface area (Å²) in [6, 6.07) is 20.2. The van der Waals surface area contributed by atoms with Gasteiger partial charge in [-0.15, -0.1) is 0 Å². The molecule has 0 aliphatic carbocycles. The number of hydrogen-bond acceptors (Lipinski definition) is 6. The van der Waals surface area contributed by atoms with Crippen molar-refractivity contribution in [2.75, 3.05) is 27.4 Å². The maximum absolute atomic E-state index is 9.53. The molecule has 0 aliphatic heterocycles. The van der Waals surface area contributed by atoms with E-state index in [1.807, 2.05) is 36.4 Å². The van der Waals surface area contributed by atoms with Crippen LogP contribution in [0.2, 0.25) is 0 Å². The molecule has 6 heteroatoms. The number of hydrogen-bond donors (Lipinski definition) is 3. The average molecular weight is 438 g/mol. The molecule has 0 aromatic heterocycles. The molecule has 0 bridgehead atoms. The van der Waals surface area contributed by atoms with Gasteiger partial charge in [0.25, 0.3) is 0 Å². The van der Waals surface area contributed by atoms with Gasteiger partial charge in [-0.3, -0.25) is 0 Å². The van der Waals surface area contributed by atoms with Crippen molar-refractivity contribution < 1.29 is 24.4 Å². The molecule has 3 N–H and O–H groups in total. The van der Waals surface area contributed by atoms with Crippen molar-refractivity contribution in [2.24, 2.45) is 0 Å². The smallest absolute Gasteiger partial charge is 0.130 e.